The number of pyridine rings is 1. The maximum absolute atomic E-state index is 13.2. The van der Waals surface area contributed by atoms with E-state index in [1.165, 1.54) is 12.1 Å². The number of hydrogen-bond acceptors (Lipinski definition) is 4. The number of hydrogen-bond donors (Lipinski definition) is 1. The standard InChI is InChI=1S/C19H18F3N3O2S/c1-25(2)12-14-11-10-13-6-5-8-16(18(13)23-14)24-28(26,27)17-9-4-3-7-15(17)19(20,21)22/h3-11,24H,12H2,1-2H3. The highest BCUT2D eigenvalue weighted by Crippen LogP contribution is 2.35. The van der Waals surface area contributed by atoms with E-state index in [0.717, 1.165) is 18.2 Å². The number of para-hydroxylation sites is 1. The highest BCUT2D eigenvalue weighted by Gasteiger charge is 2.37. The lowest BCUT2D eigenvalue weighted by Crippen LogP contribution is -2.19. The maximum atomic E-state index is 13.2. The monoisotopic (exact) mass is 409 g/mol. The van der Waals surface area contributed by atoms with Crippen molar-refractivity contribution in [2.45, 2.75) is 17.6 Å². The minimum absolute atomic E-state index is 0.120. The molecule has 0 saturated carbocycles. The first-order chi connectivity index (χ1) is 13.1. The van der Waals surface area contributed by atoms with Gasteiger partial charge in [-0.05, 0) is 38.4 Å². The van der Waals surface area contributed by atoms with E-state index in [0.29, 0.717) is 23.1 Å². The second-order valence-corrected chi connectivity index (χ2v) is 8.17. The molecule has 0 saturated heterocycles. The van der Waals surface area contributed by atoms with Crippen LogP contribution >= 0.6 is 0 Å². The number of rotatable bonds is 5. The molecule has 28 heavy (non-hydrogen) atoms. The van der Waals surface area contributed by atoms with Crippen LogP contribution in [0.5, 0.6) is 0 Å². The average Bonchev–Trinajstić information content (AvgIpc) is 2.61. The van der Waals surface area contributed by atoms with Crippen LogP contribution in [0.15, 0.2) is 59.5 Å². The van der Waals surface area contributed by atoms with Crippen molar-refractivity contribution in [3.05, 3.63) is 65.9 Å². The van der Waals surface area contributed by atoms with Gasteiger partial charge in [0, 0.05) is 11.9 Å². The number of alkyl halides is 3. The summed E-state index contributed by atoms with van der Waals surface area (Å²) in [7, 11) is -0.736. The molecule has 3 rings (SSSR count). The Balaban J connectivity index is 2.07. The zero-order valence-corrected chi connectivity index (χ0v) is 16.0. The Morgan fingerprint density at radius 1 is 1.00 bits per heavy atom. The lowest BCUT2D eigenvalue weighted by Gasteiger charge is -2.15. The van der Waals surface area contributed by atoms with Crippen LogP contribution in [-0.4, -0.2) is 32.4 Å². The van der Waals surface area contributed by atoms with Gasteiger partial charge < -0.3 is 4.90 Å². The molecule has 0 unspecified atom stereocenters. The fourth-order valence-electron chi connectivity index (χ4n) is 2.82. The van der Waals surface area contributed by atoms with E-state index < -0.39 is 26.7 Å². The SMILES string of the molecule is CN(C)Cc1ccc2cccc(NS(=O)(=O)c3ccccc3C(F)(F)F)c2n1. The molecular weight excluding hydrogens is 391 g/mol. The first-order valence-corrected chi connectivity index (χ1v) is 9.79. The van der Waals surface area contributed by atoms with Gasteiger partial charge in [0.25, 0.3) is 10.0 Å². The highest BCUT2D eigenvalue weighted by atomic mass is 32.2. The van der Waals surface area contributed by atoms with Gasteiger partial charge in [-0.3, -0.25) is 4.72 Å². The van der Waals surface area contributed by atoms with Crippen LogP contribution in [0, 0.1) is 0 Å². The van der Waals surface area contributed by atoms with Crippen molar-refractivity contribution in [2.75, 3.05) is 18.8 Å². The lowest BCUT2D eigenvalue weighted by molar-refractivity contribution is -0.139. The van der Waals surface area contributed by atoms with Gasteiger partial charge in [0.05, 0.1) is 27.4 Å². The molecule has 148 valence electrons. The summed E-state index contributed by atoms with van der Waals surface area (Å²) < 4.78 is 67.4. The Morgan fingerprint density at radius 2 is 1.71 bits per heavy atom. The molecule has 0 amide bonds. The third-order valence-corrected chi connectivity index (χ3v) is 5.41. The van der Waals surface area contributed by atoms with E-state index in [1.54, 1.807) is 18.2 Å². The highest BCUT2D eigenvalue weighted by molar-refractivity contribution is 7.92. The minimum atomic E-state index is -4.79. The van der Waals surface area contributed by atoms with Crippen molar-refractivity contribution in [1.82, 2.24) is 9.88 Å². The number of fused-ring (bicyclic) bond motifs is 1. The van der Waals surface area contributed by atoms with Gasteiger partial charge in [0.2, 0.25) is 0 Å². The Labute approximate surface area is 160 Å². The van der Waals surface area contributed by atoms with Gasteiger partial charge in [-0.1, -0.05) is 30.3 Å². The molecule has 0 spiro atoms. The van der Waals surface area contributed by atoms with Crippen LogP contribution in [0.25, 0.3) is 10.9 Å². The fourth-order valence-corrected chi connectivity index (χ4v) is 4.11. The molecule has 0 aliphatic heterocycles. The van der Waals surface area contributed by atoms with Gasteiger partial charge in [-0.25, -0.2) is 13.4 Å². The summed E-state index contributed by atoms with van der Waals surface area (Å²) >= 11 is 0. The van der Waals surface area contributed by atoms with Crippen molar-refractivity contribution in [2.24, 2.45) is 0 Å². The number of nitrogens with one attached hydrogen (secondary N) is 1. The predicted molar refractivity (Wildman–Crippen MR) is 101 cm³/mol. The van der Waals surface area contributed by atoms with Crippen LogP contribution < -0.4 is 4.72 Å². The van der Waals surface area contributed by atoms with Gasteiger partial charge in [0.15, 0.2) is 0 Å². The molecule has 9 heteroatoms. The Kier molecular flexibility index (Phi) is 5.31. The van der Waals surface area contributed by atoms with Crippen molar-refractivity contribution < 1.29 is 21.6 Å². The smallest absolute Gasteiger partial charge is 0.304 e. The molecule has 3 aromatic rings. The molecule has 2 aromatic carbocycles. The van der Waals surface area contributed by atoms with E-state index in [-0.39, 0.29) is 5.69 Å². The average molecular weight is 409 g/mol. The summed E-state index contributed by atoms with van der Waals surface area (Å²) in [5.74, 6) is 0. The zero-order valence-electron chi connectivity index (χ0n) is 15.2. The van der Waals surface area contributed by atoms with Crippen LogP contribution in [0.1, 0.15) is 11.3 Å². The van der Waals surface area contributed by atoms with Gasteiger partial charge in [0.1, 0.15) is 0 Å². The molecule has 0 fully saturated rings. The molecule has 0 aliphatic rings. The molecule has 1 aromatic heterocycles. The van der Waals surface area contributed by atoms with Crippen molar-refractivity contribution in [3.8, 4) is 0 Å². The quantitative estimate of drug-likeness (QED) is 0.689. The minimum Gasteiger partial charge on any atom is -0.304 e. The topological polar surface area (TPSA) is 62.3 Å². The normalized spacial score (nSPS) is 12.5. The molecule has 0 atom stereocenters. The summed E-state index contributed by atoms with van der Waals surface area (Å²) in [4.78, 5) is 5.55. The molecule has 0 bridgehead atoms. The van der Waals surface area contributed by atoms with E-state index in [2.05, 4.69) is 9.71 Å². The van der Waals surface area contributed by atoms with Crippen molar-refractivity contribution in [1.29, 1.82) is 0 Å². The number of anilines is 1. The second-order valence-electron chi connectivity index (χ2n) is 6.52. The third-order valence-electron chi connectivity index (χ3n) is 3.98. The number of benzene rings is 2. The number of nitrogens with zero attached hydrogens (tertiary/aromatic N) is 2. The first-order valence-electron chi connectivity index (χ1n) is 8.30. The van der Waals surface area contributed by atoms with Crippen LogP contribution in [0.3, 0.4) is 0 Å². The number of aromatic nitrogens is 1. The molecule has 0 radical (unpaired) electrons. The second kappa shape index (κ2) is 7.40. The van der Waals surface area contributed by atoms with Gasteiger partial charge in [-0.2, -0.15) is 13.2 Å². The molecule has 1 N–H and O–H groups in total. The largest absolute Gasteiger partial charge is 0.417 e. The Morgan fingerprint density at radius 3 is 2.39 bits per heavy atom. The summed E-state index contributed by atoms with van der Waals surface area (Å²) in [6.45, 7) is 0.536. The zero-order chi connectivity index (χ0) is 20.5. The predicted octanol–water partition coefficient (Wildman–Crippen LogP) is 4.12. The molecule has 5 nitrogen and oxygen atoms in total. The van der Waals surface area contributed by atoms with Crippen LogP contribution in [0.4, 0.5) is 18.9 Å². The summed E-state index contributed by atoms with van der Waals surface area (Å²) in [6.07, 6.45) is -4.79. The first kappa shape index (κ1) is 20.1. The Bertz CT molecular complexity index is 1110. The van der Waals surface area contributed by atoms with Gasteiger partial charge in [-0.15, -0.1) is 0 Å². The van der Waals surface area contributed by atoms with Gasteiger partial charge >= 0.3 is 6.18 Å². The summed E-state index contributed by atoms with van der Waals surface area (Å²) in [6, 6.07) is 12.5. The van der Waals surface area contributed by atoms with Crippen molar-refractivity contribution >= 4 is 26.6 Å². The van der Waals surface area contributed by atoms with E-state index in [4.69, 9.17) is 0 Å². The van der Waals surface area contributed by atoms with E-state index in [1.807, 2.05) is 25.1 Å². The Hall–Kier alpha value is -2.65. The fraction of sp³-hybridized carbons (Fsp3) is 0.211. The van der Waals surface area contributed by atoms with Crippen LogP contribution in [0.2, 0.25) is 0 Å². The maximum Gasteiger partial charge on any atom is 0.417 e. The summed E-state index contributed by atoms with van der Waals surface area (Å²) in [5, 5.41) is 0.673. The number of sulfonamides is 1. The summed E-state index contributed by atoms with van der Waals surface area (Å²) in [5.41, 5.74) is -0.0196. The molecule has 1 heterocycles. The van der Waals surface area contributed by atoms with Crippen LogP contribution in [-0.2, 0) is 22.7 Å². The molecule has 0 aliphatic carbocycles. The number of halogens is 3. The van der Waals surface area contributed by atoms with E-state index >= 15 is 0 Å². The van der Waals surface area contributed by atoms with Crippen molar-refractivity contribution in [3.63, 3.8) is 0 Å². The lowest BCUT2D eigenvalue weighted by atomic mass is 10.2. The van der Waals surface area contributed by atoms with E-state index in [9.17, 15) is 21.6 Å². The third kappa shape index (κ3) is 4.26. The molecular formula is C19H18F3N3O2S.